The SMILES string of the molecule is CC/C(=N\SC(C)(C)C)c1cc([N+](=O)[O-])ccc1F. The number of halogens is 1. The molecule has 4 nitrogen and oxygen atoms in total. The standard InChI is InChI=1S/C13H17FN2O2S/c1-5-12(15-19-13(2,3)4)10-8-9(16(17)18)6-7-11(10)14/h6-8H,5H2,1-4H3/b15-12+. The Hall–Kier alpha value is -1.43. The van der Waals surface area contributed by atoms with Crippen molar-refractivity contribution in [2.45, 2.75) is 38.9 Å². The maximum atomic E-state index is 13.8. The summed E-state index contributed by atoms with van der Waals surface area (Å²) >= 11 is 1.34. The van der Waals surface area contributed by atoms with Crippen LogP contribution in [0.15, 0.2) is 22.6 Å². The summed E-state index contributed by atoms with van der Waals surface area (Å²) in [4.78, 5) is 10.2. The first-order valence-corrected chi connectivity index (χ1v) is 6.71. The highest BCUT2D eigenvalue weighted by molar-refractivity contribution is 7.99. The van der Waals surface area contributed by atoms with Crippen molar-refractivity contribution >= 4 is 23.3 Å². The number of benzene rings is 1. The number of hydrogen-bond acceptors (Lipinski definition) is 4. The smallest absolute Gasteiger partial charge is 0.258 e. The Balaban J connectivity index is 3.17. The lowest BCUT2D eigenvalue weighted by molar-refractivity contribution is -0.384. The molecule has 0 heterocycles. The lowest BCUT2D eigenvalue weighted by Gasteiger charge is -2.14. The van der Waals surface area contributed by atoms with E-state index in [4.69, 9.17) is 0 Å². The molecular weight excluding hydrogens is 267 g/mol. The van der Waals surface area contributed by atoms with Gasteiger partial charge in [-0.2, -0.15) is 0 Å². The second-order valence-corrected chi connectivity index (χ2v) is 6.61. The van der Waals surface area contributed by atoms with Crippen LogP contribution in [0.3, 0.4) is 0 Å². The molecule has 1 aromatic carbocycles. The Morgan fingerprint density at radius 3 is 2.58 bits per heavy atom. The fourth-order valence-electron chi connectivity index (χ4n) is 1.34. The van der Waals surface area contributed by atoms with Gasteiger partial charge in [-0.05, 0) is 45.2 Å². The van der Waals surface area contributed by atoms with Crippen molar-refractivity contribution in [3.8, 4) is 0 Å². The van der Waals surface area contributed by atoms with Gasteiger partial charge in [-0.1, -0.05) is 6.92 Å². The number of rotatable bonds is 4. The van der Waals surface area contributed by atoms with Crippen molar-refractivity contribution < 1.29 is 9.31 Å². The fourth-order valence-corrected chi connectivity index (χ4v) is 1.96. The van der Waals surface area contributed by atoms with Crippen molar-refractivity contribution in [3.63, 3.8) is 0 Å². The molecule has 0 saturated heterocycles. The summed E-state index contributed by atoms with van der Waals surface area (Å²) in [6.07, 6.45) is 0.515. The Bertz CT molecular complexity index is 510. The number of nitro benzene ring substituents is 1. The molecule has 0 fully saturated rings. The van der Waals surface area contributed by atoms with Gasteiger partial charge >= 0.3 is 0 Å². The second kappa shape index (κ2) is 6.14. The molecule has 1 rings (SSSR count). The van der Waals surface area contributed by atoms with Crippen LogP contribution in [0.1, 0.15) is 39.7 Å². The third-order valence-corrected chi connectivity index (χ3v) is 3.10. The minimum Gasteiger partial charge on any atom is -0.258 e. The number of hydrogen-bond donors (Lipinski definition) is 0. The predicted molar refractivity (Wildman–Crippen MR) is 77.2 cm³/mol. The maximum absolute atomic E-state index is 13.8. The van der Waals surface area contributed by atoms with Gasteiger partial charge in [0.05, 0.1) is 10.6 Å². The van der Waals surface area contributed by atoms with Gasteiger partial charge in [0.25, 0.3) is 5.69 Å². The number of non-ortho nitro benzene ring substituents is 1. The topological polar surface area (TPSA) is 55.5 Å². The second-order valence-electron chi connectivity index (χ2n) is 5.02. The monoisotopic (exact) mass is 284 g/mol. The van der Waals surface area contributed by atoms with E-state index >= 15 is 0 Å². The summed E-state index contributed by atoms with van der Waals surface area (Å²) in [6.45, 7) is 7.84. The zero-order valence-corrected chi connectivity index (χ0v) is 12.3. The Morgan fingerprint density at radius 1 is 1.47 bits per heavy atom. The zero-order valence-electron chi connectivity index (χ0n) is 11.4. The van der Waals surface area contributed by atoms with Crippen LogP contribution in [-0.2, 0) is 0 Å². The molecule has 6 heteroatoms. The molecule has 0 aromatic heterocycles. The van der Waals surface area contributed by atoms with E-state index in [1.54, 1.807) is 0 Å². The van der Waals surface area contributed by atoms with Crippen LogP contribution in [0.2, 0.25) is 0 Å². The van der Waals surface area contributed by atoms with Gasteiger partial charge in [0, 0.05) is 22.4 Å². The maximum Gasteiger partial charge on any atom is 0.270 e. The first-order chi connectivity index (χ1) is 8.74. The summed E-state index contributed by atoms with van der Waals surface area (Å²) < 4.78 is 18.0. The average Bonchev–Trinajstić information content (AvgIpc) is 2.30. The molecule has 0 bridgehead atoms. The summed E-state index contributed by atoms with van der Waals surface area (Å²) in [5.74, 6) is -0.485. The molecule has 0 spiro atoms. The highest BCUT2D eigenvalue weighted by Crippen LogP contribution is 2.27. The molecule has 0 saturated carbocycles. The average molecular weight is 284 g/mol. The minimum absolute atomic E-state index is 0.0857. The normalized spacial score (nSPS) is 12.6. The zero-order chi connectivity index (χ0) is 14.6. The summed E-state index contributed by atoms with van der Waals surface area (Å²) in [7, 11) is 0. The lowest BCUT2D eigenvalue weighted by Crippen LogP contribution is -2.08. The molecule has 0 aliphatic rings. The van der Waals surface area contributed by atoms with Crippen molar-refractivity contribution in [2.24, 2.45) is 4.40 Å². The first-order valence-electron chi connectivity index (χ1n) is 5.94. The molecule has 0 atom stereocenters. The van der Waals surface area contributed by atoms with E-state index in [0.29, 0.717) is 12.1 Å². The van der Waals surface area contributed by atoms with E-state index in [-0.39, 0.29) is 16.0 Å². The van der Waals surface area contributed by atoms with Crippen LogP contribution in [-0.4, -0.2) is 15.4 Å². The van der Waals surface area contributed by atoms with Gasteiger partial charge in [-0.25, -0.2) is 8.79 Å². The third kappa shape index (κ3) is 4.63. The molecule has 0 radical (unpaired) electrons. The molecule has 1 aromatic rings. The molecule has 0 aliphatic heterocycles. The molecular formula is C13H17FN2O2S. The van der Waals surface area contributed by atoms with Crippen LogP contribution in [0, 0.1) is 15.9 Å². The highest BCUT2D eigenvalue weighted by Gasteiger charge is 2.16. The molecule has 0 unspecified atom stereocenters. The highest BCUT2D eigenvalue weighted by atomic mass is 32.2. The van der Waals surface area contributed by atoms with E-state index < -0.39 is 10.7 Å². The minimum atomic E-state index is -0.535. The van der Waals surface area contributed by atoms with Gasteiger partial charge in [-0.3, -0.25) is 10.1 Å². The van der Waals surface area contributed by atoms with Crippen LogP contribution in [0.5, 0.6) is 0 Å². The van der Waals surface area contributed by atoms with Gasteiger partial charge in [-0.15, -0.1) is 0 Å². The van der Waals surface area contributed by atoms with Crippen molar-refractivity contribution in [1.29, 1.82) is 0 Å². The van der Waals surface area contributed by atoms with Crippen LogP contribution in [0.4, 0.5) is 10.1 Å². The molecule has 0 N–H and O–H groups in total. The largest absolute Gasteiger partial charge is 0.270 e. The van der Waals surface area contributed by atoms with E-state index in [1.165, 1.54) is 18.0 Å². The lowest BCUT2D eigenvalue weighted by atomic mass is 10.1. The quantitative estimate of drug-likeness (QED) is 0.357. The van der Waals surface area contributed by atoms with Crippen LogP contribution >= 0.6 is 11.9 Å². The van der Waals surface area contributed by atoms with Crippen LogP contribution < -0.4 is 0 Å². The number of nitro groups is 1. The molecule has 19 heavy (non-hydrogen) atoms. The summed E-state index contributed by atoms with van der Waals surface area (Å²) in [5.41, 5.74) is 0.605. The van der Waals surface area contributed by atoms with Crippen LogP contribution in [0.25, 0.3) is 0 Å². The van der Waals surface area contributed by atoms with E-state index in [1.807, 2.05) is 27.7 Å². The van der Waals surface area contributed by atoms with E-state index in [9.17, 15) is 14.5 Å². The van der Waals surface area contributed by atoms with E-state index in [2.05, 4.69) is 4.40 Å². The van der Waals surface area contributed by atoms with Gasteiger partial charge in [0.1, 0.15) is 5.82 Å². The third-order valence-electron chi connectivity index (χ3n) is 2.24. The summed E-state index contributed by atoms with van der Waals surface area (Å²) in [6, 6.07) is 3.50. The van der Waals surface area contributed by atoms with Crippen molar-refractivity contribution in [3.05, 3.63) is 39.7 Å². The fraction of sp³-hybridized carbons (Fsp3) is 0.462. The predicted octanol–water partition coefficient (Wildman–Crippen LogP) is 4.38. The molecule has 104 valence electrons. The molecule has 0 aliphatic carbocycles. The van der Waals surface area contributed by atoms with E-state index in [0.717, 1.165) is 12.1 Å². The number of nitrogens with zero attached hydrogens (tertiary/aromatic N) is 2. The van der Waals surface area contributed by atoms with Crippen molar-refractivity contribution in [2.75, 3.05) is 0 Å². The summed E-state index contributed by atoms with van der Waals surface area (Å²) in [5, 5.41) is 10.7. The van der Waals surface area contributed by atoms with Crippen molar-refractivity contribution in [1.82, 2.24) is 0 Å². The Labute approximate surface area is 116 Å². The first kappa shape index (κ1) is 15.6. The molecule has 0 amide bonds. The van der Waals surface area contributed by atoms with Gasteiger partial charge in [0.15, 0.2) is 0 Å². The Kier molecular flexibility index (Phi) is 5.05. The van der Waals surface area contributed by atoms with Gasteiger partial charge < -0.3 is 0 Å². The Morgan fingerprint density at radius 2 is 2.11 bits per heavy atom. The van der Waals surface area contributed by atoms with Gasteiger partial charge in [0.2, 0.25) is 0 Å².